The summed E-state index contributed by atoms with van der Waals surface area (Å²) in [7, 11) is 0. The number of anilines is 2. The van der Waals surface area contributed by atoms with Gasteiger partial charge in [-0.1, -0.05) is 12.2 Å². The quantitative estimate of drug-likeness (QED) is 0.283. The number of amides is 3. The van der Waals surface area contributed by atoms with E-state index in [1.807, 2.05) is 30.9 Å². The maximum absolute atomic E-state index is 12.9. The first-order chi connectivity index (χ1) is 15.9. The van der Waals surface area contributed by atoms with E-state index in [-0.39, 0.29) is 35.0 Å². The highest BCUT2D eigenvalue weighted by molar-refractivity contribution is 6.22. The van der Waals surface area contributed by atoms with Gasteiger partial charge in [0.1, 0.15) is 5.69 Å². The number of benzene rings is 1. The van der Waals surface area contributed by atoms with E-state index in [9.17, 15) is 24.5 Å². The SMILES string of the molecule is CCN(CC)C(=O)[C@@H]1CCCN(c2ccc(N3C(=O)[C@@H]4CC=CC[C@H]4C3=O)cc2[N+](=O)[O-])C1. The maximum atomic E-state index is 12.9. The molecule has 9 nitrogen and oxygen atoms in total. The van der Waals surface area contributed by atoms with Gasteiger partial charge in [0.2, 0.25) is 17.7 Å². The van der Waals surface area contributed by atoms with Gasteiger partial charge in [0, 0.05) is 32.2 Å². The number of rotatable bonds is 6. The first-order valence-electron chi connectivity index (χ1n) is 11.7. The highest BCUT2D eigenvalue weighted by Gasteiger charge is 2.48. The molecule has 1 aliphatic carbocycles. The van der Waals surface area contributed by atoms with Gasteiger partial charge in [-0.2, -0.15) is 0 Å². The summed E-state index contributed by atoms with van der Waals surface area (Å²) in [4.78, 5) is 55.0. The molecule has 176 valence electrons. The number of hydrogen-bond donors (Lipinski definition) is 0. The fraction of sp³-hybridized carbons (Fsp3) is 0.542. The van der Waals surface area contributed by atoms with Crippen molar-refractivity contribution < 1.29 is 19.3 Å². The topological polar surface area (TPSA) is 104 Å². The Hall–Kier alpha value is -3.23. The Morgan fingerprint density at radius 1 is 1.12 bits per heavy atom. The molecule has 2 aliphatic heterocycles. The number of carbonyl (C=O) groups excluding carboxylic acids is 3. The lowest BCUT2D eigenvalue weighted by Crippen LogP contribution is -2.45. The van der Waals surface area contributed by atoms with Crippen molar-refractivity contribution in [2.24, 2.45) is 17.8 Å². The fourth-order valence-corrected chi connectivity index (χ4v) is 5.31. The summed E-state index contributed by atoms with van der Waals surface area (Å²) in [5.41, 5.74) is 0.499. The van der Waals surface area contributed by atoms with Gasteiger partial charge in [0.05, 0.1) is 28.4 Å². The molecule has 33 heavy (non-hydrogen) atoms. The molecule has 3 amide bonds. The number of nitrogens with zero attached hydrogens (tertiary/aromatic N) is 4. The Bertz CT molecular complexity index is 977. The molecule has 0 unspecified atom stereocenters. The van der Waals surface area contributed by atoms with Crippen LogP contribution >= 0.6 is 0 Å². The minimum atomic E-state index is -0.478. The molecule has 0 aromatic heterocycles. The van der Waals surface area contributed by atoms with Crippen LogP contribution in [0.3, 0.4) is 0 Å². The second kappa shape index (κ2) is 9.33. The number of nitro groups is 1. The lowest BCUT2D eigenvalue weighted by Gasteiger charge is -2.35. The average Bonchev–Trinajstić information content (AvgIpc) is 3.09. The Kier molecular flexibility index (Phi) is 6.49. The van der Waals surface area contributed by atoms with Gasteiger partial charge in [-0.15, -0.1) is 0 Å². The molecule has 2 fully saturated rings. The number of nitro benzene ring substituents is 1. The fourth-order valence-electron chi connectivity index (χ4n) is 5.31. The molecular weight excluding hydrogens is 424 g/mol. The smallest absolute Gasteiger partial charge is 0.294 e. The first kappa shape index (κ1) is 22.9. The maximum Gasteiger partial charge on any atom is 0.294 e. The summed E-state index contributed by atoms with van der Waals surface area (Å²) in [6.45, 7) is 6.18. The zero-order valence-electron chi connectivity index (χ0n) is 19.1. The number of imide groups is 1. The highest BCUT2D eigenvalue weighted by Crippen LogP contribution is 2.41. The van der Waals surface area contributed by atoms with Crippen molar-refractivity contribution in [3.63, 3.8) is 0 Å². The van der Waals surface area contributed by atoms with Crippen molar-refractivity contribution in [1.82, 2.24) is 4.90 Å². The number of carbonyl (C=O) groups is 3. The Labute approximate surface area is 193 Å². The average molecular weight is 455 g/mol. The second-order valence-electron chi connectivity index (χ2n) is 8.89. The van der Waals surface area contributed by atoms with Gasteiger partial charge in [-0.25, -0.2) is 4.90 Å². The van der Waals surface area contributed by atoms with Crippen molar-refractivity contribution in [2.75, 3.05) is 36.0 Å². The predicted octanol–water partition coefficient (Wildman–Crippen LogP) is 3.14. The molecule has 0 saturated carbocycles. The van der Waals surface area contributed by atoms with E-state index < -0.39 is 16.8 Å². The van der Waals surface area contributed by atoms with Crippen molar-refractivity contribution in [1.29, 1.82) is 0 Å². The molecule has 4 rings (SSSR count). The van der Waals surface area contributed by atoms with Gasteiger partial charge < -0.3 is 9.80 Å². The van der Waals surface area contributed by atoms with Crippen LogP contribution < -0.4 is 9.80 Å². The minimum absolute atomic E-state index is 0.0773. The summed E-state index contributed by atoms with van der Waals surface area (Å²) in [6.07, 6.45) is 6.37. The van der Waals surface area contributed by atoms with E-state index in [0.29, 0.717) is 44.7 Å². The van der Waals surface area contributed by atoms with Crippen LogP contribution in [0.2, 0.25) is 0 Å². The summed E-state index contributed by atoms with van der Waals surface area (Å²) in [5, 5.41) is 12.0. The van der Waals surface area contributed by atoms with Crippen LogP contribution in [0.5, 0.6) is 0 Å². The summed E-state index contributed by atoms with van der Waals surface area (Å²) < 4.78 is 0. The van der Waals surface area contributed by atoms with Crippen molar-refractivity contribution in [2.45, 2.75) is 39.5 Å². The van der Waals surface area contributed by atoms with Crippen LogP contribution in [0.25, 0.3) is 0 Å². The molecule has 2 heterocycles. The largest absolute Gasteiger partial charge is 0.365 e. The molecule has 3 atom stereocenters. The third-order valence-electron chi connectivity index (χ3n) is 7.11. The van der Waals surface area contributed by atoms with Crippen LogP contribution in [0.4, 0.5) is 17.1 Å². The Morgan fingerprint density at radius 2 is 1.76 bits per heavy atom. The minimum Gasteiger partial charge on any atom is -0.365 e. The Morgan fingerprint density at radius 3 is 2.33 bits per heavy atom. The molecular formula is C24H30N4O5. The molecule has 0 radical (unpaired) electrons. The lowest BCUT2D eigenvalue weighted by molar-refractivity contribution is -0.384. The van der Waals surface area contributed by atoms with Gasteiger partial charge in [-0.3, -0.25) is 24.5 Å². The van der Waals surface area contributed by atoms with Crippen LogP contribution in [0, 0.1) is 27.9 Å². The van der Waals surface area contributed by atoms with Gasteiger partial charge in [0.25, 0.3) is 5.69 Å². The molecule has 3 aliphatic rings. The van der Waals surface area contributed by atoms with E-state index in [4.69, 9.17) is 0 Å². The lowest BCUT2D eigenvalue weighted by atomic mass is 9.85. The van der Waals surface area contributed by atoms with E-state index in [0.717, 1.165) is 17.7 Å². The van der Waals surface area contributed by atoms with Crippen LogP contribution in [-0.2, 0) is 14.4 Å². The standard InChI is InChI=1S/C24H30N4O5/c1-3-25(4-2)22(29)16-8-7-13-26(15-16)20-12-11-17(14-21(20)28(32)33)27-23(30)18-9-5-6-10-19(18)24(27)31/h5-6,11-12,14,16,18-19H,3-4,7-10,13,15H2,1-2H3/t16-,18-,19-/m1/s1. The van der Waals surface area contributed by atoms with Crippen LogP contribution in [0.15, 0.2) is 30.4 Å². The highest BCUT2D eigenvalue weighted by atomic mass is 16.6. The number of fused-ring (bicyclic) bond motifs is 1. The molecule has 0 N–H and O–H groups in total. The van der Waals surface area contributed by atoms with Crippen molar-refractivity contribution in [3.8, 4) is 0 Å². The summed E-state index contributed by atoms with van der Waals surface area (Å²) in [5.74, 6) is -1.51. The normalized spacial score (nSPS) is 24.7. The van der Waals surface area contributed by atoms with Gasteiger partial charge in [-0.05, 0) is 51.7 Å². The van der Waals surface area contributed by atoms with Crippen LogP contribution in [0.1, 0.15) is 39.5 Å². The van der Waals surface area contributed by atoms with Crippen LogP contribution in [-0.4, -0.2) is 53.7 Å². The van der Waals surface area contributed by atoms with E-state index in [1.54, 1.807) is 17.0 Å². The zero-order chi connectivity index (χ0) is 23.7. The number of allylic oxidation sites excluding steroid dienone is 2. The molecule has 1 aromatic rings. The molecule has 9 heteroatoms. The Balaban J connectivity index is 1.61. The monoisotopic (exact) mass is 454 g/mol. The van der Waals surface area contributed by atoms with E-state index in [2.05, 4.69) is 0 Å². The molecule has 1 aromatic carbocycles. The van der Waals surface area contributed by atoms with Crippen molar-refractivity contribution in [3.05, 3.63) is 40.5 Å². The second-order valence-corrected chi connectivity index (χ2v) is 8.89. The van der Waals surface area contributed by atoms with E-state index >= 15 is 0 Å². The van der Waals surface area contributed by atoms with Crippen molar-refractivity contribution >= 4 is 34.8 Å². The molecule has 0 spiro atoms. The van der Waals surface area contributed by atoms with Gasteiger partial charge in [0.15, 0.2) is 0 Å². The third-order valence-corrected chi connectivity index (χ3v) is 7.11. The zero-order valence-corrected chi connectivity index (χ0v) is 19.1. The number of hydrogen-bond acceptors (Lipinski definition) is 6. The number of piperidine rings is 1. The predicted molar refractivity (Wildman–Crippen MR) is 124 cm³/mol. The molecule has 2 saturated heterocycles. The third kappa shape index (κ3) is 4.12. The summed E-state index contributed by atoms with van der Waals surface area (Å²) >= 11 is 0. The molecule has 0 bridgehead atoms. The first-order valence-corrected chi connectivity index (χ1v) is 11.7. The van der Waals surface area contributed by atoms with E-state index in [1.165, 1.54) is 6.07 Å². The summed E-state index contributed by atoms with van der Waals surface area (Å²) in [6, 6.07) is 4.54. The van der Waals surface area contributed by atoms with Gasteiger partial charge >= 0.3 is 0 Å².